The number of methoxy groups -OCH3 is 2. The number of hydrogen-bond acceptors (Lipinski definition) is 10. The summed E-state index contributed by atoms with van der Waals surface area (Å²) in [4.78, 5) is 72.1. The van der Waals surface area contributed by atoms with Gasteiger partial charge in [0.1, 0.15) is 36.1 Å². The summed E-state index contributed by atoms with van der Waals surface area (Å²) in [6, 6.07) is 12.8. The Hall–Kier alpha value is -6.16. The average Bonchev–Trinajstić information content (AvgIpc) is 4.17. The number of H-pyrrole nitrogens is 2. The predicted molar refractivity (Wildman–Crippen MR) is 248 cm³/mol. The molecule has 1 aliphatic carbocycles. The highest BCUT2D eigenvalue weighted by molar-refractivity contribution is 6.07. The largest absolute Gasteiger partial charge is 0.488 e. The molecule has 4 aliphatic rings. The normalized spacial score (nSPS) is 20.9. The van der Waals surface area contributed by atoms with Crippen molar-refractivity contribution >= 4 is 45.8 Å². The summed E-state index contributed by atoms with van der Waals surface area (Å²) >= 11 is 0. The molecule has 4 amide bonds. The van der Waals surface area contributed by atoms with Crippen LogP contribution in [-0.2, 0) is 30.4 Å². The van der Waals surface area contributed by atoms with Crippen LogP contribution in [0, 0.1) is 17.8 Å². The van der Waals surface area contributed by atoms with Gasteiger partial charge in [0, 0.05) is 30.2 Å². The molecule has 5 aromatic rings. The first-order valence-corrected chi connectivity index (χ1v) is 23.8. The molecule has 0 spiro atoms. The number of imidazole rings is 2. The minimum absolute atomic E-state index is 0.0471. The number of hydrogen-bond donors (Lipinski definition) is 5. The van der Waals surface area contributed by atoms with Crippen molar-refractivity contribution in [2.24, 2.45) is 17.8 Å². The zero-order chi connectivity index (χ0) is 46.1. The number of aromatic nitrogens is 4. The van der Waals surface area contributed by atoms with E-state index < -0.39 is 24.3 Å². The Kier molecular flexibility index (Phi) is 13.2. The van der Waals surface area contributed by atoms with Gasteiger partial charge in [0.15, 0.2) is 0 Å². The van der Waals surface area contributed by atoms with Crippen LogP contribution in [-0.4, -0.2) is 94.4 Å². The minimum atomic E-state index is -0.746. The maximum atomic E-state index is 14.7. The number of carbonyl (C=O) groups excluding carboxylic acids is 4. The number of aromatic amines is 2. The Balaban J connectivity index is 0.971. The molecule has 5 heterocycles. The SMILES string of the molecule is CCCCC(NC(=O)C(NC(=O)OC)C(C)CC)c1ncc(-c2ccc3c(c2)COc2cc4c(ccc5[nH]c(C6CC7CCCC7N6C(=O)C(NC(=O)OC)C6CCOCC6)nc54)cc2-3)[nH]1. The molecule has 1 saturated carbocycles. The van der Waals surface area contributed by atoms with Crippen LogP contribution in [0.1, 0.15) is 114 Å². The van der Waals surface area contributed by atoms with Crippen molar-refractivity contribution in [3.8, 4) is 28.1 Å². The summed E-state index contributed by atoms with van der Waals surface area (Å²) in [5, 5.41) is 10.8. The van der Waals surface area contributed by atoms with E-state index in [0.717, 1.165) is 99.9 Å². The molecule has 3 aliphatic heterocycles. The van der Waals surface area contributed by atoms with Gasteiger partial charge in [-0.1, -0.05) is 64.7 Å². The fourth-order valence-electron chi connectivity index (χ4n) is 10.8. The first-order chi connectivity index (χ1) is 32.1. The second-order valence-corrected chi connectivity index (χ2v) is 18.5. The summed E-state index contributed by atoms with van der Waals surface area (Å²) in [6.45, 7) is 7.50. The molecular formula is C50H62N8O8. The Bertz CT molecular complexity index is 2600. The van der Waals surface area contributed by atoms with Crippen molar-refractivity contribution in [3.63, 3.8) is 0 Å². The standard InChI is InChI=1S/C50H62N8O8/c1-6-8-11-37(54-47(59)42(27(3)7-2)56-49(61)63-4)45-51-25-38(53-45)30-13-15-33-32(21-30)26-66-41-24-34-29(22-35(33)41)14-16-36-44(34)55-46(52-36)40-23-31-10-9-12-39(31)58(40)48(60)43(57-50(62)64-5)28-17-19-65-20-18-28/h13-16,21-22,24-25,27-28,31,37,39-40,42-43H,6-12,17-20,23,26H2,1-5H3,(H,51,53)(H,52,55)(H,54,59)(H,56,61)(H,57,62). The third-order valence-electron chi connectivity index (χ3n) is 14.6. The minimum Gasteiger partial charge on any atom is -0.488 e. The van der Waals surface area contributed by atoms with E-state index >= 15 is 0 Å². The fraction of sp³-hybridized carbons (Fsp3) is 0.520. The van der Waals surface area contributed by atoms with Gasteiger partial charge in [0.05, 0.1) is 49.2 Å². The second kappa shape index (κ2) is 19.4. The van der Waals surface area contributed by atoms with Crippen LogP contribution in [0.2, 0.25) is 0 Å². The van der Waals surface area contributed by atoms with E-state index in [4.69, 9.17) is 28.9 Å². The number of nitrogens with one attached hydrogen (secondary N) is 5. The van der Waals surface area contributed by atoms with Gasteiger partial charge in [-0.15, -0.1) is 0 Å². The lowest BCUT2D eigenvalue weighted by molar-refractivity contribution is -0.139. The van der Waals surface area contributed by atoms with Gasteiger partial charge >= 0.3 is 12.2 Å². The number of amides is 4. The number of likely N-dealkylation sites (tertiary alicyclic amines) is 1. The van der Waals surface area contributed by atoms with Crippen molar-refractivity contribution in [2.75, 3.05) is 27.4 Å². The van der Waals surface area contributed by atoms with E-state index in [1.807, 2.05) is 18.7 Å². The highest BCUT2D eigenvalue weighted by Crippen LogP contribution is 2.49. The number of nitrogens with zero attached hydrogens (tertiary/aromatic N) is 3. The highest BCUT2D eigenvalue weighted by Gasteiger charge is 2.50. The molecule has 2 saturated heterocycles. The van der Waals surface area contributed by atoms with Crippen LogP contribution in [0.5, 0.6) is 5.75 Å². The smallest absolute Gasteiger partial charge is 0.407 e. The van der Waals surface area contributed by atoms with Crippen LogP contribution in [0.25, 0.3) is 44.2 Å². The van der Waals surface area contributed by atoms with Crippen LogP contribution in [0.3, 0.4) is 0 Å². The molecule has 2 aromatic heterocycles. The lowest BCUT2D eigenvalue weighted by atomic mass is 9.90. The number of benzene rings is 3. The van der Waals surface area contributed by atoms with Gasteiger partial charge in [0.25, 0.3) is 0 Å². The molecular weight excluding hydrogens is 841 g/mol. The number of carbonyl (C=O) groups is 4. The molecule has 9 rings (SSSR count). The highest BCUT2D eigenvalue weighted by atomic mass is 16.5. The lowest BCUT2D eigenvalue weighted by Crippen LogP contribution is -2.55. The number of ether oxygens (including phenoxy) is 4. The summed E-state index contributed by atoms with van der Waals surface area (Å²) in [5.41, 5.74) is 6.59. The van der Waals surface area contributed by atoms with E-state index in [-0.39, 0.29) is 41.8 Å². The number of alkyl carbamates (subject to hydrolysis) is 2. The number of rotatable bonds is 14. The van der Waals surface area contributed by atoms with Crippen molar-refractivity contribution in [1.82, 2.24) is 40.8 Å². The molecule has 0 bridgehead atoms. The molecule has 16 nitrogen and oxygen atoms in total. The van der Waals surface area contributed by atoms with E-state index in [1.165, 1.54) is 14.2 Å². The first-order valence-electron chi connectivity index (χ1n) is 23.8. The Labute approximate surface area is 384 Å². The van der Waals surface area contributed by atoms with E-state index in [2.05, 4.69) is 75.3 Å². The maximum Gasteiger partial charge on any atom is 0.407 e. The summed E-state index contributed by atoms with van der Waals surface area (Å²) in [6.07, 6.45) is 9.02. The zero-order valence-corrected chi connectivity index (χ0v) is 38.5. The molecule has 66 heavy (non-hydrogen) atoms. The molecule has 350 valence electrons. The van der Waals surface area contributed by atoms with Crippen LogP contribution in [0.15, 0.2) is 48.7 Å². The fourth-order valence-corrected chi connectivity index (χ4v) is 10.8. The molecule has 0 radical (unpaired) electrons. The van der Waals surface area contributed by atoms with Gasteiger partial charge < -0.3 is 49.8 Å². The van der Waals surface area contributed by atoms with Crippen LogP contribution < -0.4 is 20.7 Å². The molecule has 3 fully saturated rings. The Morgan fingerprint density at radius 2 is 1.73 bits per heavy atom. The van der Waals surface area contributed by atoms with Gasteiger partial charge in [-0.3, -0.25) is 9.59 Å². The van der Waals surface area contributed by atoms with Crippen LogP contribution in [0.4, 0.5) is 9.59 Å². The average molecular weight is 903 g/mol. The summed E-state index contributed by atoms with van der Waals surface area (Å²) in [5.74, 6) is 2.05. The zero-order valence-electron chi connectivity index (χ0n) is 38.5. The molecule has 7 unspecified atom stereocenters. The third-order valence-corrected chi connectivity index (χ3v) is 14.6. The third kappa shape index (κ3) is 8.79. The predicted octanol–water partition coefficient (Wildman–Crippen LogP) is 8.38. The Morgan fingerprint density at radius 1 is 0.924 bits per heavy atom. The van der Waals surface area contributed by atoms with Crippen molar-refractivity contribution in [1.29, 1.82) is 0 Å². The van der Waals surface area contributed by atoms with Gasteiger partial charge in [-0.05, 0) is 103 Å². The van der Waals surface area contributed by atoms with Crippen molar-refractivity contribution in [3.05, 3.63) is 65.9 Å². The Morgan fingerprint density at radius 3 is 2.50 bits per heavy atom. The quantitative estimate of drug-likeness (QED) is 0.0721. The first kappa shape index (κ1) is 45.0. The number of fused-ring (bicyclic) bond motifs is 7. The monoisotopic (exact) mass is 902 g/mol. The van der Waals surface area contributed by atoms with Crippen LogP contribution >= 0.6 is 0 Å². The summed E-state index contributed by atoms with van der Waals surface area (Å²) < 4.78 is 21.9. The topological polar surface area (TPSA) is 202 Å². The second-order valence-electron chi connectivity index (χ2n) is 18.5. The summed E-state index contributed by atoms with van der Waals surface area (Å²) in [7, 11) is 2.62. The molecule has 7 atom stereocenters. The maximum absolute atomic E-state index is 14.7. The van der Waals surface area contributed by atoms with Gasteiger partial charge in [-0.25, -0.2) is 19.6 Å². The van der Waals surface area contributed by atoms with Crippen molar-refractivity contribution in [2.45, 2.75) is 122 Å². The molecule has 5 N–H and O–H groups in total. The van der Waals surface area contributed by atoms with E-state index in [0.29, 0.717) is 57.2 Å². The molecule has 3 aromatic carbocycles. The van der Waals surface area contributed by atoms with E-state index in [1.54, 1.807) is 6.20 Å². The van der Waals surface area contributed by atoms with E-state index in [9.17, 15) is 19.2 Å². The van der Waals surface area contributed by atoms with Gasteiger partial charge in [-0.2, -0.15) is 0 Å². The number of unbranched alkanes of at least 4 members (excludes halogenated alkanes) is 1. The molecule has 16 heteroatoms. The van der Waals surface area contributed by atoms with Gasteiger partial charge in [0.2, 0.25) is 11.8 Å². The van der Waals surface area contributed by atoms with Crippen molar-refractivity contribution < 1.29 is 38.1 Å². The lowest BCUT2D eigenvalue weighted by Gasteiger charge is -2.36.